The van der Waals surface area contributed by atoms with Gasteiger partial charge in [0.05, 0.1) is 22.0 Å². The van der Waals surface area contributed by atoms with Gasteiger partial charge < -0.3 is 25.8 Å². The molecule has 4 N–H and O–H groups in total. The van der Waals surface area contributed by atoms with Gasteiger partial charge in [-0.15, -0.1) is 0 Å². The number of anilines is 2. The molecule has 32 heavy (non-hydrogen) atoms. The fourth-order valence-corrected chi connectivity index (χ4v) is 4.66. The highest BCUT2D eigenvalue weighted by molar-refractivity contribution is 6.34. The minimum absolute atomic E-state index is 0.0108. The number of nitrogens with two attached hydrogens (primary N) is 1. The van der Waals surface area contributed by atoms with Gasteiger partial charge in [-0.1, -0.05) is 17.7 Å². The maximum atomic E-state index is 12.9. The van der Waals surface area contributed by atoms with Gasteiger partial charge >= 0.3 is 0 Å². The molecule has 0 unspecified atom stereocenters. The second-order valence-corrected chi connectivity index (χ2v) is 8.75. The molecular weight excluding hydrogens is 424 g/mol. The van der Waals surface area contributed by atoms with Crippen LogP contribution in [0.4, 0.5) is 11.5 Å². The van der Waals surface area contributed by atoms with Gasteiger partial charge in [0.2, 0.25) is 0 Å². The summed E-state index contributed by atoms with van der Waals surface area (Å²) in [6.45, 7) is 5.31. The van der Waals surface area contributed by atoms with Crippen molar-refractivity contribution >= 4 is 29.0 Å². The summed E-state index contributed by atoms with van der Waals surface area (Å²) in [5, 5.41) is 3.83. The van der Waals surface area contributed by atoms with Crippen LogP contribution in [0.5, 0.6) is 0 Å². The molecule has 1 aromatic carbocycles. The Bertz CT molecular complexity index is 1130. The van der Waals surface area contributed by atoms with Gasteiger partial charge in [-0.25, -0.2) is 0 Å². The molecule has 0 aliphatic carbocycles. The van der Waals surface area contributed by atoms with E-state index in [1.165, 1.54) is 0 Å². The number of pyridine rings is 1. The molecule has 1 amide bonds. The molecule has 4 heterocycles. The van der Waals surface area contributed by atoms with Crippen LogP contribution in [0.1, 0.15) is 23.2 Å². The molecular formula is C24H27ClN6O. The van der Waals surface area contributed by atoms with Crippen molar-refractivity contribution < 1.29 is 4.79 Å². The zero-order valence-corrected chi connectivity index (χ0v) is 18.7. The Hall–Kier alpha value is -3.03. The van der Waals surface area contributed by atoms with Crippen molar-refractivity contribution in [1.82, 2.24) is 20.2 Å². The minimum Gasteiger partial charge on any atom is -0.396 e. The Kier molecular flexibility index (Phi) is 5.76. The van der Waals surface area contributed by atoms with Crippen LogP contribution in [0.15, 0.2) is 42.6 Å². The molecule has 7 nitrogen and oxygen atoms in total. The number of piperazine rings is 1. The van der Waals surface area contributed by atoms with E-state index in [0.717, 1.165) is 86.1 Å². The van der Waals surface area contributed by atoms with Gasteiger partial charge in [0, 0.05) is 62.3 Å². The van der Waals surface area contributed by atoms with Crippen molar-refractivity contribution in [3.8, 4) is 22.5 Å². The fraction of sp³-hybridized carbons (Fsp3) is 0.333. The summed E-state index contributed by atoms with van der Waals surface area (Å²) in [6, 6.07) is 11.5. The smallest absolute Gasteiger partial charge is 0.255 e. The molecule has 0 radical (unpaired) electrons. The summed E-state index contributed by atoms with van der Waals surface area (Å²) in [4.78, 5) is 25.1. The highest BCUT2D eigenvalue weighted by Crippen LogP contribution is 2.32. The summed E-state index contributed by atoms with van der Waals surface area (Å²) >= 11 is 6.38. The number of rotatable bonds is 4. The van der Waals surface area contributed by atoms with Crippen molar-refractivity contribution in [2.75, 3.05) is 49.9 Å². The first kappa shape index (κ1) is 20.8. The quantitative estimate of drug-likeness (QED) is 0.564. The average Bonchev–Trinajstić information content (AvgIpc) is 3.50. The maximum Gasteiger partial charge on any atom is 0.255 e. The van der Waals surface area contributed by atoms with Crippen LogP contribution in [0.3, 0.4) is 0 Å². The zero-order chi connectivity index (χ0) is 22.1. The topological polar surface area (TPSA) is 90.3 Å². The standard InChI is InChI=1S/C24H27ClN6O/c25-19-4-3-16(13-18(19)24(32)31-9-1-2-10-31)21-14-17(5-6-28-21)22-15-20(26)23(29-22)30-11-7-27-8-12-30/h3-6,13-15,27,29H,1-2,7-12,26H2. The number of nitrogen functional groups attached to an aromatic ring is 1. The summed E-state index contributed by atoms with van der Waals surface area (Å²) in [7, 11) is 0. The van der Waals surface area contributed by atoms with E-state index in [2.05, 4.69) is 20.2 Å². The van der Waals surface area contributed by atoms with Crippen LogP contribution >= 0.6 is 11.6 Å². The molecule has 0 atom stereocenters. The Balaban J connectivity index is 1.45. The number of H-pyrrole nitrogens is 1. The number of nitrogens with one attached hydrogen (secondary N) is 2. The number of aromatic nitrogens is 2. The van der Waals surface area contributed by atoms with E-state index in [-0.39, 0.29) is 5.91 Å². The summed E-state index contributed by atoms with van der Waals surface area (Å²) in [5.74, 6) is 0.952. The van der Waals surface area contributed by atoms with E-state index >= 15 is 0 Å². The number of benzene rings is 1. The first-order valence-corrected chi connectivity index (χ1v) is 11.5. The maximum absolute atomic E-state index is 12.9. The highest BCUT2D eigenvalue weighted by atomic mass is 35.5. The summed E-state index contributed by atoms with van der Waals surface area (Å²) in [6.07, 6.45) is 3.87. The van der Waals surface area contributed by atoms with Gasteiger partial charge in [-0.05, 0) is 43.2 Å². The number of aromatic amines is 1. The Morgan fingerprint density at radius 3 is 2.56 bits per heavy atom. The molecule has 2 fully saturated rings. The van der Waals surface area contributed by atoms with Crippen molar-refractivity contribution in [1.29, 1.82) is 0 Å². The molecule has 5 rings (SSSR count). The third kappa shape index (κ3) is 4.06. The number of likely N-dealkylation sites (tertiary alicyclic amines) is 1. The van der Waals surface area contributed by atoms with Crippen molar-refractivity contribution in [3.63, 3.8) is 0 Å². The monoisotopic (exact) mass is 450 g/mol. The number of carbonyl (C=O) groups excluding carboxylic acids is 1. The minimum atomic E-state index is -0.0108. The van der Waals surface area contributed by atoms with E-state index in [4.69, 9.17) is 17.3 Å². The van der Waals surface area contributed by atoms with Gasteiger partial charge in [0.15, 0.2) is 0 Å². The molecule has 2 aromatic heterocycles. The predicted molar refractivity (Wildman–Crippen MR) is 129 cm³/mol. The number of hydrogen-bond donors (Lipinski definition) is 3. The third-order valence-electron chi connectivity index (χ3n) is 6.22. The average molecular weight is 451 g/mol. The van der Waals surface area contributed by atoms with Crippen LogP contribution < -0.4 is 16.0 Å². The molecule has 2 aliphatic heterocycles. The van der Waals surface area contributed by atoms with Gasteiger partial charge in [-0.2, -0.15) is 0 Å². The van der Waals surface area contributed by atoms with E-state index in [9.17, 15) is 4.79 Å². The van der Waals surface area contributed by atoms with Gasteiger partial charge in [0.25, 0.3) is 5.91 Å². The van der Waals surface area contributed by atoms with Crippen LogP contribution in [-0.4, -0.2) is 60.0 Å². The highest BCUT2D eigenvalue weighted by Gasteiger charge is 2.22. The second kappa shape index (κ2) is 8.84. The normalized spacial score (nSPS) is 16.5. The first-order valence-electron chi connectivity index (χ1n) is 11.1. The molecule has 0 bridgehead atoms. The first-order chi connectivity index (χ1) is 15.6. The van der Waals surface area contributed by atoms with E-state index in [1.807, 2.05) is 35.2 Å². The molecule has 2 aliphatic rings. The molecule has 166 valence electrons. The molecule has 8 heteroatoms. The molecule has 2 saturated heterocycles. The number of amides is 1. The number of nitrogens with zero attached hydrogens (tertiary/aromatic N) is 3. The van der Waals surface area contributed by atoms with E-state index < -0.39 is 0 Å². The van der Waals surface area contributed by atoms with Crippen molar-refractivity contribution in [2.45, 2.75) is 12.8 Å². The fourth-order valence-electron chi connectivity index (χ4n) is 4.46. The molecule has 0 spiro atoms. The Morgan fingerprint density at radius 2 is 1.78 bits per heavy atom. The largest absolute Gasteiger partial charge is 0.396 e. The molecule has 3 aromatic rings. The number of carbonyl (C=O) groups is 1. The van der Waals surface area contributed by atoms with Crippen molar-refractivity contribution in [2.24, 2.45) is 0 Å². The lowest BCUT2D eigenvalue weighted by molar-refractivity contribution is 0.0793. The lowest BCUT2D eigenvalue weighted by Crippen LogP contribution is -2.43. The molecule has 0 saturated carbocycles. The summed E-state index contributed by atoms with van der Waals surface area (Å²) < 4.78 is 0. The SMILES string of the molecule is Nc1cc(-c2ccnc(-c3ccc(Cl)c(C(=O)N4CCCC4)c3)c2)[nH]c1N1CCNCC1. The van der Waals surface area contributed by atoms with Crippen LogP contribution in [0, 0.1) is 0 Å². The van der Waals surface area contributed by atoms with Gasteiger partial charge in [-0.3, -0.25) is 9.78 Å². The second-order valence-electron chi connectivity index (χ2n) is 8.35. The van der Waals surface area contributed by atoms with Crippen LogP contribution in [-0.2, 0) is 0 Å². The predicted octanol–water partition coefficient (Wildman–Crippen LogP) is 3.62. The van der Waals surface area contributed by atoms with Gasteiger partial charge in [0.1, 0.15) is 5.82 Å². The number of hydrogen-bond acceptors (Lipinski definition) is 5. The number of halogens is 1. The van der Waals surface area contributed by atoms with Crippen LogP contribution in [0.25, 0.3) is 22.5 Å². The Labute approximate surface area is 192 Å². The summed E-state index contributed by atoms with van der Waals surface area (Å²) in [5.41, 5.74) is 11.2. The lowest BCUT2D eigenvalue weighted by atomic mass is 10.0. The lowest BCUT2D eigenvalue weighted by Gasteiger charge is -2.28. The van der Waals surface area contributed by atoms with E-state index in [1.54, 1.807) is 12.3 Å². The van der Waals surface area contributed by atoms with Crippen molar-refractivity contribution in [3.05, 3.63) is 53.2 Å². The van der Waals surface area contributed by atoms with Crippen LogP contribution in [0.2, 0.25) is 5.02 Å². The van der Waals surface area contributed by atoms with E-state index in [0.29, 0.717) is 10.6 Å². The zero-order valence-electron chi connectivity index (χ0n) is 17.9. The Morgan fingerprint density at radius 1 is 1.00 bits per heavy atom. The third-order valence-corrected chi connectivity index (χ3v) is 6.55.